The maximum Gasteiger partial charge on any atom is 0.340 e. The fraction of sp³-hybridized carbons (Fsp3) is 0.360. The van der Waals surface area contributed by atoms with Crippen LogP contribution in [0.15, 0.2) is 60.7 Å². The van der Waals surface area contributed by atoms with E-state index in [1.165, 1.54) is 19.1 Å². The lowest BCUT2D eigenvalue weighted by Crippen LogP contribution is -2.43. The molecule has 9 nitrogen and oxygen atoms in total. The number of carbonyl (C=O) groups excluding carboxylic acids is 4. The van der Waals surface area contributed by atoms with Crippen molar-refractivity contribution < 1.29 is 38.1 Å². The van der Waals surface area contributed by atoms with Gasteiger partial charge in [-0.3, -0.25) is 9.59 Å². The minimum atomic E-state index is -1.41. The fourth-order valence-corrected chi connectivity index (χ4v) is 4.58. The Bertz CT molecular complexity index is 1060. The number of methoxy groups -OCH3 is 2. The van der Waals surface area contributed by atoms with Crippen LogP contribution in [-0.4, -0.2) is 67.7 Å². The van der Waals surface area contributed by atoms with Crippen LogP contribution in [-0.2, 0) is 33.3 Å². The summed E-state index contributed by atoms with van der Waals surface area (Å²) in [4.78, 5) is 52.9. The summed E-state index contributed by atoms with van der Waals surface area (Å²) in [7, 11) is 2.54. The van der Waals surface area contributed by atoms with Crippen LogP contribution < -0.4 is 0 Å². The average Bonchev–Trinajstić information content (AvgIpc) is 3.39. The fourth-order valence-electron chi connectivity index (χ4n) is 4.58. The molecule has 2 saturated heterocycles. The molecule has 2 aromatic rings. The molecule has 0 spiro atoms. The van der Waals surface area contributed by atoms with Gasteiger partial charge in [0.15, 0.2) is 12.2 Å². The van der Waals surface area contributed by atoms with Crippen LogP contribution in [0.25, 0.3) is 0 Å². The van der Waals surface area contributed by atoms with E-state index in [0.29, 0.717) is 17.5 Å². The molecule has 178 valence electrons. The Morgan fingerprint density at radius 2 is 1.59 bits per heavy atom. The van der Waals surface area contributed by atoms with Crippen molar-refractivity contribution >= 4 is 23.8 Å². The molecule has 0 radical (unpaired) electrons. The molecular formula is C25H25NO8. The number of nitrogens with zero attached hydrogens (tertiary/aromatic N) is 1. The van der Waals surface area contributed by atoms with Crippen molar-refractivity contribution in [2.24, 2.45) is 5.92 Å². The number of fused-ring (bicyclic) bond motifs is 1. The zero-order valence-electron chi connectivity index (χ0n) is 18.8. The molecule has 0 N–H and O–H groups in total. The van der Waals surface area contributed by atoms with Gasteiger partial charge in [0.1, 0.15) is 12.0 Å². The van der Waals surface area contributed by atoms with Crippen LogP contribution in [0.5, 0.6) is 0 Å². The maximum absolute atomic E-state index is 13.2. The van der Waals surface area contributed by atoms with Gasteiger partial charge in [0.2, 0.25) is 0 Å². The number of ether oxygens (including phenoxy) is 4. The number of amides is 1. The molecule has 0 aromatic heterocycles. The van der Waals surface area contributed by atoms with Gasteiger partial charge in [-0.2, -0.15) is 0 Å². The lowest BCUT2D eigenvalue weighted by molar-refractivity contribution is -0.171. The molecule has 2 heterocycles. The number of esters is 3. The SMILES string of the molecule is COC(=O)[C@@H]1[C@H]2[C@H](OC(=O)c3ccccc3)CCN2C(=O)[C@H]1OC(=O)[C@@H](OC)c1ccccc1. The third-order valence-corrected chi connectivity index (χ3v) is 6.15. The first-order chi connectivity index (χ1) is 16.5. The number of hydrogen-bond donors (Lipinski definition) is 0. The number of benzene rings is 2. The van der Waals surface area contributed by atoms with E-state index in [0.717, 1.165) is 0 Å². The van der Waals surface area contributed by atoms with E-state index in [1.54, 1.807) is 60.7 Å². The summed E-state index contributed by atoms with van der Waals surface area (Å²) in [6.45, 7) is 0.254. The average molecular weight is 467 g/mol. The lowest BCUT2D eigenvalue weighted by atomic mass is 9.93. The highest BCUT2D eigenvalue weighted by molar-refractivity contribution is 5.95. The van der Waals surface area contributed by atoms with E-state index in [9.17, 15) is 19.2 Å². The molecule has 0 bridgehead atoms. The minimum absolute atomic E-state index is 0.254. The predicted octanol–water partition coefficient (Wildman–Crippen LogP) is 1.92. The first-order valence-corrected chi connectivity index (χ1v) is 10.9. The Morgan fingerprint density at radius 3 is 2.21 bits per heavy atom. The summed E-state index contributed by atoms with van der Waals surface area (Å²) in [6.07, 6.45) is -2.89. The highest BCUT2D eigenvalue weighted by Crippen LogP contribution is 2.39. The summed E-state index contributed by atoms with van der Waals surface area (Å²) in [5.41, 5.74) is 0.902. The van der Waals surface area contributed by atoms with Gasteiger partial charge < -0.3 is 23.8 Å². The Labute approximate surface area is 196 Å². The summed E-state index contributed by atoms with van der Waals surface area (Å²) >= 11 is 0. The molecule has 0 aliphatic carbocycles. The first kappa shape index (κ1) is 23.4. The number of rotatable bonds is 7. The molecule has 4 rings (SSSR count). The zero-order chi connectivity index (χ0) is 24.2. The van der Waals surface area contributed by atoms with Crippen LogP contribution in [0.3, 0.4) is 0 Å². The molecule has 2 aromatic carbocycles. The molecule has 0 unspecified atom stereocenters. The standard InChI is InChI=1S/C25H25NO8/c1-31-20(15-9-5-3-6-10-15)25(30)34-21-18(24(29)32-2)19-17(13-14-26(19)22(21)27)33-23(28)16-11-7-4-8-12-16/h3-12,17-21H,13-14H2,1-2H3/t17-,18-,19-,20+,21+/m1/s1. The Hall–Kier alpha value is -3.72. The van der Waals surface area contributed by atoms with Crippen LogP contribution in [0.1, 0.15) is 28.4 Å². The highest BCUT2D eigenvalue weighted by Gasteiger charge is 2.60. The lowest BCUT2D eigenvalue weighted by Gasteiger charge is -2.25. The normalized spacial score (nSPS) is 24.3. The van der Waals surface area contributed by atoms with E-state index in [-0.39, 0.29) is 6.54 Å². The van der Waals surface area contributed by atoms with Crippen LogP contribution >= 0.6 is 0 Å². The van der Waals surface area contributed by atoms with Crippen molar-refractivity contribution in [3.8, 4) is 0 Å². The molecule has 5 atom stereocenters. The second kappa shape index (κ2) is 10.0. The van der Waals surface area contributed by atoms with Gasteiger partial charge in [0.25, 0.3) is 5.91 Å². The van der Waals surface area contributed by atoms with Crippen molar-refractivity contribution in [3.05, 3.63) is 71.8 Å². The van der Waals surface area contributed by atoms with E-state index in [1.807, 2.05) is 0 Å². The summed E-state index contributed by atoms with van der Waals surface area (Å²) < 4.78 is 21.4. The van der Waals surface area contributed by atoms with E-state index < -0.39 is 54.1 Å². The van der Waals surface area contributed by atoms with Gasteiger partial charge in [-0.25, -0.2) is 9.59 Å². The van der Waals surface area contributed by atoms with Crippen molar-refractivity contribution in [2.75, 3.05) is 20.8 Å². The van der Waals surface area contributed by atoms with Gasteiger partial charge >= 0.3 is 17.9 Å². The molecule has 2 aliphatic rings. The first-order valence-electron chi connectivity index (χ1n) is 10.9. The highest BCUT2D eigenvalue weighted by atomic mass is 16.6. The Kier molecular flexibility index (Phi) is 6.93. The molecule has 0 saturated carbocycles. The Balaban J connectivity index is 1.56. The molecule has 2 aliphatic heterocycles. The van der Waals surface area contributed by atoms with Crippen molar-refractivity contribution in [1.29, 1.82) is 0 Å². The van der Waals surface area contributed by atoms with Crippen LogP contribution in [0.4, 0.5) is 0 Å². The maximum atomic E-state index is 13.2. The second-order valence-corrected chi connectivity index (χ2v) is 8.05. The van der Waals surface area contributed by atoms with Crippen molar-refractivity contribution in [2.45, 2.75) is 30.8 Å². The largest absolute Gasteiger partial charge is 0.469 e. The Morgan fingerprint density at radius 1 is 0.941 bits per heavy atom. The summed E-state index contributed by atoms with van der Waals surface area (Å²) in [5.74, 6) is -3.77. The van der Waals surface area contributed by atoms with Gasteiger partial charge in [-0.1, -0.05) is 48.5 Å². The van der Waals surface area contributed by atoms with Crippen molar-refractivity contribution in [3.63, 3.8) is 0 Å². The van der Waals surface area contributed by atoms with Crippen LogP contribution in [0.2, 0.25) is 0 Å². The smallest absolute Gasteiger partial charge is 0.340 e. The predicted molar refractivity (Wildman–Crippen MR) is 117 cm³/mol. The minimum Gasteiger partial charge on any atom is -0.469 e. The summed E-state index contributed by atoms with van der Waals surface area (Å²) in [6, 6.07) is 16.3. The van der Waals surface area contributed by atoms with Crippen LogP contribution in [0, 0.1) is 5.92 Å². The third-order valence-electron chi connectivity index (χ3n) is 6.15. The quantitative estimate of drug-likeness (QED) is 0.449. The molecule has 2 fully saturated rings. The van der Waals surface area contributed by atoms with Gasteiger partial charge in [-0.05, 0) is 17.7 Å². The van der Waals surface area contributed by atoms with E-state index in [4.69, 9.17) is 18.9 Å². The molecule has 34 heavy (non-hydrogen) atoms. The van der Waals surface area contributed by atoms with Gasteiger partial charge in [0.05, 0.1) is 18.7 Å². The van der Waals surface area contributed by atoms with Gasteiger partial charge in [0, 0.05) is 20.1 Å². The van der Waals surface area contributed by atoms with Crippen molar-refractivity contribution in [1.82, 2.24) is 4.90 Å². The van der Waals surface area contributed by atoms with Gasteiger partial charge in [-0.15, -0.1) is 0 Å². The topological polar surface area (TPSA) is 108 Å². The molecular weight excluding hydrogens is 442 g/mol. The molecule has 1 amide bonds. The van der Waals surface area contributed by atoms with E-state index in [2.05, 4.69) is 0 Å². The zero-order valence-corrected chi connectivity index (χ0v) is 18.8. The number of carbonyl (C=O) groups is 4. The molecule has 9 heteroatoms. The number of hydrogen-bond acceptors (Lipinski definition) is 8. The monoisotopic (exact) mass is 467 g/mol. The second-order valence-electron chi connectivity index (χ2n) is 8.05. The third kappa shape index (κ3) is 4.38. The summed E-state index contributed by atoms with van der Waals surface area (Å²) in [5, 5.41) is 0. The van der Waals surface area contributed by atoms with E-state index >= 15 is 0 Å².